The Morgan fingerprint density at radius 3 is 2.00 bits per heavy atom. The van der Waals surface area contributed by atoms with E-state index in [1.54, 1.807) is 0 Å². The van der Waals surface area contributed by atoms with Gasteiger partial charge >= 0.3 is 6.18 Å². The van der Waals surface area contributed by atoms with Crippen molar-refractivity contribution in [2.75, 3.05) is 0 Å². The predicted molar refractivity (Wildman–Crippen MR) is 134 cm³/mol. The molecule has 0 amide bonds. The number of halogens is 3. The first-order valence-electron chi connectivity index (χ1n) is 11.7. The molecular formula is C28H30F3NO2S. The lowest BCUT2D eigenvalue weighted by Crippen LogP contribution is -2.30. The van der Waals surface area contributed by atoms with Gasteiger partial charge in [-0.05, 0) is 53.8 Å². The fourth-order valence-corrected chi connectivity index (χ4v) is 5.11. The highest BCUT2D eigenvalue weighted by Crippen LogP contribution is 2.32. The lowest BCUT2D eigenvalue weighted by molar-refractivity contribution is -0.137. The molecule has 0 aliphatic rings. The van der Waals surface area contributed by atoms with E-state index in [2.05, 4.69) is 17.7 Å². The fourth-order valence-electron chi connectivity index (χ4n) is 3.89. The van der Waals surface area contributed by atoms with Crippen molar-refractivity contribution in [2.45, 2.75) is 56.6 Å². The summed E-state index contributed by atoms with van der Waals surface area (Å²) in [6.07, 6.45) is 0.774. The lowest BCUT2D eigenvalue weighted by Gasteiger charge is -2.23. The van der Waals surface area contributed by atoms with Crippen LogP contribution >= 0.6 is 0 Å². The molecule has 0 radical (unpaired) electrons. The maximum absolute atomic E-state index is 13.2. The van der Waals surface area contributed by atoms with Crippen LogP contribution in [0.2, 0.25) is 0 Å². The quantitative estimate of drug-likeness (QED) is 0.287. The SMILES string of the molecule is CCCC=C(CCC)[C@@H](NS(=O)(=O)c1ccc(C(F)(F)F)cc1)c1ccc(-c2ccccc2)cc1. The Bertz CT molecular complexity index is 1220. The third-order valence-corrected chi connectivity index (χ3v) is 7.16. The van der Waals surface area contributed by atoms with Crippen molar-refractivity contribution in [1.29, 1.82) is 0 Å². The van der Waals surface area contributed by atoms with Crippen molar-refractivity contribution < 1.29 is 21.6 Å². The molecule has 3 aromatic carbocycles. The normalized spacial score (nSPS) is 13.6. The van der Waals surface area contributed by atoms with Crippen LogP contribution in [0.1, 0.15) is 56.7 Å². The zero-order valence-electron chi connectivity index (χ0n) is 19.8. The van der Waals surface area contributed by atoms with Gasteiger partial charge < -0.3 is 0 Å². The highest BCUT2D eigenvalue weighted by molar-refractivity contribution is 7.89. The minimum absolute atomic E-state index is 0.206. The fraction of sp³-hybridized carbons (Fsp3) is 0.286. The molecule has 0 aliphatic carbocycles. The minimum atomic E-state index is -4.53. The van der Waals surface area contributed by atoms with E-state index in [0.717, 1.165) is 65.8 Å². The molecule has 0 unspecified atom stereocenters. The summed E-state index contributed by atoms with van der Waals surface area (Å²) in [6, 6.07) is 20.5. The van der Waals surface area contributed by atoms with Crippen molar-refractivity contribution in [2.24, 2.45) is 0 Å². The Morgan fingerprint density at radius 2 is 1.46 bits per heavy atom. The molecule has 35 heavy (non-hydrogen) atoms. The van der Waals surface area contributed by atoms with E-state index in [1.165, 1.54) is 0 Å². The van der Waals surface area contributed by atoms with Gasteiger partial charge in [0.2, 0.25) is 10.0 Å². The molecular weight excluding hydrogens is 471 g/mol. The van der Waals surface area contributed by atoms with Gasteiger partial charge in [0, 0.05) is 0 Å². The Morgan fingerprint density at radius 1 is 0.857 bits per heavy atom. The summed E-state index contributed by atoms with van der Waals surface area (Å²) in [5.74, 6) is 0. The van der Waals surface area contributed by atoms with Gasteiger partial charge in [-0.15, -0.1) is 0 Å². The van der Waals surface area contributed by atoms with Gasteiger partial charge in [0.25, 0.3) is 0 Å². The molecule has 0 spiro atoms. The molecule has 0 saturated heterocycles. The minimum Gasteiger partial charge on any atom is -0.207 e. The van der Waals surface area contributed by atoms with Crippen LogP contribution in [0.4, 0.5) is 13.2 Å². The van der Waals surface area contributed by atoms with Crippen molar-refractivity contribution in [3.8, 4) is 11.1 Å². The van der Waals surface area contributed by atoms with E-state index in [1.807, 2.05) is 61.5 Å². The average Bonchev–Trinajstić information content (AvgIpc) is 2.85. The summed E-state index contributed by atoms with van der Waals surface area (Å²) in [7, 11) is -4.08. The number of hydrogen-bond donors (Lipinski definition) is 1. The van der Waals surface area contributed by atoms with Crippen LogP contribution in [0.15, 0.2) is 95.4 Å². The summed E-state index contributed by atoms with van der Waals surface area (Å²) in [5, 5.41) is 0. The van der Waals surface area contributed by atoms with Crippen molar-refractivity contribution >= 4 is 10.0 Å². The van der Waals surface area contributed by atoms with Gasteiger partial charge in [0.1, 0.15) is 0 Å². The van der Waals surface area contributed by atoms with Gasteiger partial charge in [-0.1, -0.05) is 92.9 Å². The van der Waals surface area contributed by atoms with Crippen LogP contribution in [0.25, 0.3) is 11.1 Å². The third-order valence-electron chi connectivity index (χ3n) is 5.72. The molecule has 0 fully saturated rings. The first-order valence-corrected chi connectivity index (χ1v) is 13.2. The van der Waals surface area contributed by atoms with E-state index >= 15 is 0 Å². The standard InChI is InChI=1S/C28H30F3NO2S/c1-3-5-10-23(9-4-2)27(24-15-13-22(14-16-24)21-11-7-6-8-12-21)32-35(33,34)26-19-17-25(18-20-26)28(29,30)31/h6-8,10-20,27,32H,3-5,9H2,1-2H3/t27-/m1/s1. The first-order chi connectivity index (χ1) is 16.7. The van der Waals surface area contributed by atoms with Gasteiger partial charge in [-0.3, -0.25) is 0 Å². The second-order valence-corrected chi connectivity index (χ2v) is 10.1. The van der Waals surface area contributed by atoms with Crippen molar-refractivity contribution in [1.82, 2.24) is 4.72 Å². The van der Waals surface area contributed by atoms with E-state index in [9.17, 15) is 21.6 Å². The second kappa shape index (κ2) is 11.7. The van der Waals surface area contributed by atoms with E-state index < -0.39 is 27.8 Å². The molecule has 0 saturated carbocycles. The zero-order valence-corrected chi connectivity index (χ0v) is 20.7. The first kappa shape index (κ1) is 26.7. The number of alkyl halides is 3. The molecule has 7 heteroatoms. The van der Waals surface area contributed by atoms with E-state index in [0.29, 0.717) is 6.42 Å². The zero-order chi connectivity index (χ0) is 25.5. The highest BCUT2D eigenvalue weighted by atomic mass is 32.2. The molecule has 1 N–H and O–H groups in total. The highest BCUT2D eigenvalue weighted by Gasteiger charge is 2.31. The number of allylic oxidation sites excluding steroid dienone is 1. The largest absolute Gasteiger partial charge is 0.416 e. The molecule has 1 atom stereocenters. The molecule has 3 aromatic rings. The number of sulfonamides is 1. The van der Waals surface area contributed by atoms with Crippen LogP contribution in [-0.2, 0) is 16.2 Å². The third kappa shape index (κ3) is 7.05. The number of unbranched alkanes of at least 4 members (excludes halogenated alkanes) is 1. The molecule has 0 aliphatic heterocycles. The lowest BCUT2D eigenvalue weighted by atomic mass is 9.93. The Balaban J connectivity index is 1.98. The van der Waals surface area contributed by atoms with Crippen molar-refractivity contribution in [3.05, 3.63) is 102 Å². The number of nitrogens with one attached hydrogen (secondary N) is 1. The summed E-state index contributed by atoms with van der Waals surface area (Å²) < 4.78 is 68.0. The van der Waals surface area contributed by atoms with Crippen LogP contribution in [0.3, 0.4) is 0 Å². The summed E-state index contributed by atoms with van der Waals surface area (Å²) >= 11 is 0. The summed E-state index contributed by atoms with van der Waals surface area (Å²) in [4.78, 5) is -0.206. The van der Waals surface area contributed by atoms with Crippen LogP contribution in [0.5, 0.6) is 0 Å². The van der Waals surface area contributed by atoms with Crippen LogP contribution < -0.4 is 4.72 Å². The maximum atomic E-state index is 13.2. The van der Waals surface area contributed by atoms with E-state index in [4.69, 9.17) is 0 Å². The molecule has 0 bridgehead atoms. The van der Waals surface area contributed by atoms with Crippen LogP contribution in [-0.4, -0.2) is 8.42 Å². The molecule has 3 nitrogen and oxygen atoms in total. The van der Waals surface area contributed by atoms with Crippen molar-refractivity contribution in [3.63, 3.8) is 0 Å². The Hall–Kier alpha value is -2.90. The van der Waals surface area contributed by atoms with Gasteiger partial charge in [0.05, 0.1) is 16.5 Å². The Kier molecular flexibility index (Phi) is 8.92. The molecule has 3 rings (SSSR count). The average molecular weight is 502 g/mol. The predicted octanol–water partition coefficient (Wildman–Crippen LogP) is 7.92. The molecule has 0 aromatic heterocycles. The smallest absolute Gasteiger partial charge is 0.207 e. The summed E-state index contributed by atoms with van der Waals surface area (Å²) in [6.45, 7) is 4.08. The maximum Gasteiger partial charge on any atom is 0.416 e. The van der Waals surface area contributed by atoms with Crippen LogP contribution in [0, 0.1) is 0 Å². The summed E-state index contributed by atoms with van der Waals surface area (Å²) in [5.41, 5.74) is 2.89. The molecule has 0 heterocycles. The van der Waals surface area contributed by atoms with Gasteiger partial charge in [-0.25, -0.2) is 8.42 Å². The Labute approximate surface area is 205 Å². The molecule has 186 valence electrons. The number of rotatable bonds is 10. The second-order valence-electron chi connectivity index (χ2n) is 8.38. The van der Waals surface area contributed by atoms with Gasteiger partial charge in [-0.2, -0.15) is 17.9 Å². The number of benzene rings is 3. The van der Waals surface area contributed by atoms with E-state index in [-0.39, 0.29) is 4.90 Å². The number of hydrogen-bond acceptors (Lipinski definition) is 2. The monoisotopic (exact) mass is 501 g/mol. The van der Waals surface area contributed by atoms with Gasteiger partial charge in [0.15, 0.2) is 0 Å². The topological polar surface area (TPSA) is 46.2 Å².